The van der Waals surface area contributed by atoms with Crippen LogP contribution in [0.2, 0.25) is 0 Å². The third kappa shape index (κ3) is 4.49. The molecule has 8 heteroatoms. The Morgan fingerprint density at radius 1 is 1.10 bits per heavy atom. The summed E-state index contributed by atoms with van der Waals surface area (Å²) in [7, 11) is -3.76. The molecule has 2 fully saturated rings. The Hall–Kier alpha value is -2.45. The molecule has 1 aliphatic heterocycles. The largest absolute Gasteiger partial charge is 0.355 e. The Morgan fingerprint density at radius 3 is 2.40 bits per heavy atom. The number of carbonyl (C=O) groups excluding carboxylic acids is 1. The highest BCUT2D eigenvalue weighted by Gasteiger charge is 2.36. The molecule has 0 spiro atoms. The lowest BCUT2D eigenvalue weighted by molar-refractivity contribution is -0.126. The van der Waals surface area contributed by atoms with Crippen LogP contribution >= 0.6 is 0 Å². The molecule has 1 aromatic heterocycles. The van der Waals surface area contributed by atoms with Gasteiger partial charge in [-0.25, -0.2) is 8.42 Å². The lowest BCUT2D eigenvalue weighted by atomic mass is 9.97. The summed E-state index contributed by atoms with van der Waals surface area (Å²) < 4.78 is 33.4. The van der Waals surface area contributed by atoms with Crippen molar-refractivity contribution in [2.45, 2.75) is 50.5 Å². The topological polar surface area (TPSA) is 92.5 Å². The number of benzene rings is 1. The van der Waals surface area contributed by atoms with Gasteiger partial charge in [-0.1, -0.05) is 41.1 Å². The highest BCUT2D eigenvalue weighted by molar-refractivity contribution is 7.89. The van der Waals surface area contributed by atoms with Crippen LogP contribution in [0.1, 0.15) is 48.3 Å². The maximum absolute atomic E-state index is 13.3. The van der Waals surface area contributed by atoms with E-state index in [1.807, 2.05) is 37.3 Å². The molecule has 7 nitrogen and oxygen atoms in total. The van der Waals surface area contributed by atoms with Crippen molar-refractivity contribution < 1.29 is 17.7 Å². The van der Waals surface area contributed by atoms with Gasteiger partial charge in [-0.3, -0.25) is 4.79 Å². The maximum Gasteiger partial charge on any atom is 0.248 e. The van der Waals surface area contributed by atoms with Gasteiger partial charge in [-0.15, -0.1) is 0 Å². The minimum Gasteiger partial charge on any atom is -0.355 e. The van der Waals surface area contributed by atoms with Crippen LogP contribution in [-0.4, -0.2) is 42.9 Å². The van der Waals surface area contributed by atoms with E-state index in [9.17, 15) is 13.2 Å². The fraction of sp³-hybridized carbons (Fsp3) is 0.455. The molecule has 2 heterocycles. The zero-order chi connectivity index (χ0) is 21.3. The van der Waals surface area contributed by atoms with E-state index in [2.05, 4.69) is 10.5 Å². The van der Waals surface area contributed by atoms with Crippen LogP contribution in [0.15, 0.2) is 33.7 Å². The molecule has 1 saturated heterocycles. The average molecular weight is 430 g/mol. The van der Waals surface area contributed by atoms with Crippen LogP contribution in [0.5, 0.6) is 0 Å². The summed E-state index contributed by atoms with van der Waals surface area (Å²) in [5.41, 5.74) is 2.44. The number of piperidine rings is 1. The zero-order valence-electron chi connectivity index (χ0n) is 17.3. The third-order valence-corrected chi connectivity index (χ3v) is 7.74. The number of nitrogens with one attached hydrogen (secondary N) is 1. The van der Waals surface area contributed by atoms with Crippen LogP contribution in [0.25, 0.3) is 12.2 Å². The van der Waals surface area contributed by atoms with Gasteiger partial charge in [0.2, 0.25) is 15.9 Å². The summed E-state index contributed by atoms with van der Waals surface area (Å²) in [6, 6.07) is 8.22. The van der Waals surface area contributed by atoms with E-state index in [4.69, 9.17) is 4.52 Å². The Kier molecular flexibility index (Phi) is 5.79. The number of carbonyl (C=O) groups is 1. The number of nitrogens with zero attached hydrogens (tertiary/aromatic N) is 2. The number of aromatic nitrogens is 1. The lowest BCUT2D eigenvalue weighted by Crippen LogP contribution is -2.43. The quantitative estimate of drug-likeness (QED) is 0.762. The predicted octanol–water partition coefficient (Wildman–Crippen LogP) is 3.14. The summed E-state index contributed by atoms with van der Waals surface area (Å²) in [6.45, 7) is 4.28. The molecule has 1 aliphatic carbocycles. The van der Waals surface area contributed by atoms with Gasteiger partial charge >= 0.3 is 0 Å². The van der Waals surface area contributed by atoms with Crippen molar-refractivity contribution in [2.75, 3.05) is 13.1 Å². The highest BCUT2D eigenvalue weighted by Crippen LogP contribution is 2.30. The number of aryl methyl sites for hydroxylation is 2. The molecule has 2 aromatic rings. The van der Waals surface area contributed by atoms with Gasteiger partial charge in [0, 0.05) is 25.0 Å². The van der Waals surface area contributed by atoms with Gasteiger partial charge in [-0.2, -0.15) is 4.31 Å². The van der Waals surface area contributed by atoms with Crippen LogP contribution in [0.3, 0.4) is 0 Å². The van der Waals surface area contributed by atoms with E-state index >= 15 is 0 Å². The molecule has 1 saturated carbocycles. The van der Waals surface area contributed by atoms with Crippen molar-refractivity contribution in [3.05, 3.63) is 46.8 Å². The molecule has 2 aliphatic rings. The zero-order valence-corrected chi connectivity index (χ0v) is 18.1. The van der Waals surface area contributed by atoms with Gasteiger partial charge in [0.05, 0.1) is 0 Å². The lowest BCUT2D eigenvalue weighted by Gasteiger charge is -2.30. The third-order valence-electron chi connectivity index (χ3n) is 5.68. The Morgan fingerprint density at radius 2 is 1.77 bits per heavy atom. The molecular formula is C22H27N3O4S. The van der Waals surface area contributed by atoms with Crippen molar-refractivity contribution in [3.8, 4) is 0 Å². The summed E-state index contributed by atoms with van der Waals surface area (Å²) in [6.07, 6.45) is 6.60. The maximum atomic E-state index is 13.3. The van der Waals surface area contributed by atoms with E-state index in [1.54, 1.807) is 13.0 Å². The van der Waals surface area contributed by atoms with E-state index in [0.717, 1.165) is 24.0 Å². The second-order valence-electron chi connectivity index (χ2n) is 8.17. The first-order valence-corrected chi connectivity index (χ1v) is 11.8. The first kappa shape index (κ1) is 20.8. The summed E-state index contributed by atoms with van der Waals surface area (Å²) in [4.78, 5) is 12.4. The number of hydrogen-bond acceptors (Lipinski definition) is 5. The molecule has 0 unspecified atom stereocenters. The molecule has 1 amide bonds. The van der Waals surface area contributed by atoms with E-state index in [-0.39, 0.29) is 22.5 Å². The number of sulfonamides is 1. The molecule has 4 rings (SSSR count). The Labute approximate surface area is 177 Å². The summed E-state index contributed by atoms with van der Waals surface area (Å²) in [5, 5.41) is 6.91. The number of hydrogen-bond donors (Lipinski definition) is 1. The SMILES string of the molecule is Cc1ccc(/C=C/c2onc(C)c2S(=O)(=O)N2CCC(C(=O)NC3CC3)CC2)cc1. The Bertz CT molecular complexity index is 1040. The molecule has 30 heavy (non-hydrogen) atoms. The second-order valence-corrected chi connectivity index (χ2v) is 10.0. The summed E-state index contributed by atoms with van der Waals surface area (Å²) >= 11 is 0. The van der Waals surface area contributed by atoms with Gasteiger partial charge in [-0.05, 0) is 51.2 Å². The van der Waals surface area contributed by atoms with E-state index in [1.165, 1.54) is 4.31 Å². The van der Waals surface area contributed by atoms with Crippen LogP contribution in [0, 0.1) is 19.8 Å². The number of rotatable bonds is 6. The van der Waals surface area contributed by atoms with Crippen molar-refractivity contribution in [1.82, 2.24) is 14.8 Å². The molecule has 1 N–H and O–H groups in total. The predicted molar refractivity (Wildman–Crippen MR) is 114 cm³/mol. The monoisotopic (exact) mass is 429 g/mol. The van der Waals surface area contributed by atoms with E-state index in [0.29, 0.717) is 37.7 Å². The normalized spacial score (nSPS) is 18.7. The smallest absolute Gasteiger partial charge is 0.248 e. The minimum absolute atomic E-state index is 0.0532. The van der Waals surface area contributed by atoms with Crippen molar-refractivity contribution in [3.63, 3.8) is 0 Å². The second kappa shape index (κ2) is 8.35. The molecule has 0 radical (unpaired) electrons. The van der Waals surface area contributed by atoms with E-state index < -0.39 is 10.0 Å². The molecule has 0 atom stereocenters. The highest BCUT2D eigenvalue weighted by atomic mass is 32.2. The van der Waals surface area contributed by atoms with Crippen molar-refractivity contribution in [2.24, 2.45) is 5.92 Å². The first-order chi connectivity index (χ1) is 14.3. The van der Waals surface area contributed by atoms with Crippen molar-refractivity contribution in [1.29, 1.82) is 0 Å². The van der Waals surface area contributed by atoms with Crippen molar-refractivity contribution >= 4 is 28.1 Å². The number of amides is 1. The minimum atomic E-state index is -3.76. The molecule has 1 aromatic carbocycles. The average Bonchev–Trinajstić information content (AvgIpc) is 3.46. The van der Waals surface area contributed by atoms with Gasteiger partial charge < -0.3 is 9.84 Å². The van der Waals surface area contributed by atoms with Crippen LogP contribution < -0.4 is 5.32 Å². The van der Waals surface area contributed by atoms with Gasteiger partial charge in [0.25, 0.3) is 0 Å². The molecule has 160 valence electrons. The fourth-order valence-electron chi connectivity index (χ4n) is 3.68. The van der Waals surface area contributed by atoms with Gasteiger partial charge in [0.1, 0.15) is 5.69 Å². The van der Waals surface area contributed by atoms with Crippen LogP contribution in [0.4, 0.5) is 0 Å². The molecular weight excluding hydrogens is 402 g/mol. The summed E-state index contributed by atoms with van der Waals surface area (Å²) in [5.74, 6) is 0.153. The van der Waals surface area contributed by atoms with Crippen LogP contribution in [-0.2, 0) is 14.8 Å². The first-order valence-electron chi connectivity index (χ1n) is 10.4. The standard InChI is InChI=1S/C22H27N3O4S/c1-15-3-5-17(6-4-15)7-10-20-21(16(2)24-29-20)30(27,28)25-13-11-18(12-14-25)22(26)23-19-8-9-19/h3-7,10,18-19H,8-9,11-14H2,1-2H3,(H,23,26)/b10-7+. The molecule has 0 bridgehead atoms. The fourth-order valence-corrected chi connectivity index (χ4v) is 5.40. The van der Waals surface area contributed by atoms with Gasteiger partial charge in [0.15, 0.2) is 10.7 Å². The Balaban J connectivity index is 1.48.